The number of sulfonamides is 1. The van der Waals surface area contributed by atoms with E-state index in [0.717, 1.165) is 17.0 Å². The summed E-state index contributed by atoms with van der Waals surface area (Å²) in [6.45, 7) is 8.04. The number of amides is 1. The van der Waals surface area contributed by atoms with Gasteiger partial charge in [0.15, 0.2) is 0 Å². The lowest BCUT2D eigenvalue weighted by molar-refractivity contribution is -0.112. The monoisotopic (exact) mass is 444 g/mol. The topological polar surface area (TPSA) is 113 Å². The summed E-state index contributed by atoms with van der Waals surface area (Å²) in [5.41, 5.74) is 3.55. The number of hydrogen-bond acceptors (Lipinski definition) is 5. The van der Waals surface area contributed by atoms with E-state index in [0.29, 0.717) is 18.0 Å². The van der Waals surface area contributed by atoms with Crippen molar-refractivity contribution in [3.8, 4) is 6.07 Å². The number of benzene rings is 1. The lowest BCUT2D eigenvalue weighted by Crippen LogP contribution is -2.15. The zero-order chi connectivity index (χ0) is 23.2. The van der Waals surface area contributed by atoms with Crippen molar-refractivity contribution >= 4 is 33.4 Å². The lowest BCUT2D eigenvalue weighted by atomic mass is 10.1. The Balaban J connectivity index is 2.20. The molecule has 2 N–H and O–H groups in total. The molecule has 8 nitrogen and oxygen atoms in total. The van der Waals surface area contributed by atoms with Crippen LogP contribution in [0.5, 0.6) is 0 Å². The molecular weight excluding hydrogens is 416 g/mol. The first kappa shape index (κ1) is 24.2. The van der Waals surface area contributed by atoms with Gasteiger partial charge in [-0.3, -0.25) is 9.52 Å². The van der Waals surface area contributed by atoms with E-state index in [1.807, 2.05) is 32.9 Å². The maximum atomic E-state index is 12.6. The van der Waals surface area contributed by atoms with Crippen LogP contribution >= 0.6 is 0 Å². The molecule has 166 valence electrons. The second kappa shape index (κ2) is 10.3. The molecule has 0 saturated heterocycles. The summed E-state index contributed by atoms with van der Waals surface area (Å²) in [4.78, 5) is 12.6. The molecule has 0 bridgehead atoms. The summed E-state index contributed by atoms with van der Waals surface area (Å²) < 4.78 is 33.0. The highest BCUT2D eigenvalue weighted by atomic mass is 32.2. The minimum atomic E-state index is -3.38. The van der Waals surface area contributed by atoms with Crippen LogP contribution in [0.1, 0.15) is 36.8 Å². The van der Waals surface area contributed by atoms with Crippen molar-refractivity contribution in [2.45, 2.75) is 33.7 Å². The molecule has 1 heterocycles. The zero-order valence-corrected chi connectivity index (χ0v) is 19.2. The number of nitrogens with one attached hydrogen (secondary N) is 2. The molecule has 0 radical (unpaired) electrons. The van der Waals surface area contributed by atoms with Crippen LogP contribution in [-0.4, -0.2) is 38.4 Å². The van der Waals surface area contributed by atoms with E-state index in [-0.39, 0.29) is 17.4 Å². The Labute approximate surface area is 183 Å². The van der Waals surface area contributed by atoms with Crippen molar-refractivity contribution in [2.75, 3.05) is 29.5 Å². The van der Waals surface area contributed by atoms with Crippen molar-refractivity contribution < 1.29 is 17.9 Å². The number of methoxy groups -OCH3 is 1. The summed E-state index contributed by atoms with van der Waals surface area (Å²) in [5, 5.41) is 12.2. The first-order valence-electron chi connectivity index (χ1n) is 9.82. The zero-order valence-electron chi connectivity index (χ0n) is 18.4. The molecule has 0 aliphatic heterocycles. The second-order valence-electron chi connectivity index (χ2n) is 7.21. The van der Waals surface area contributed by atoms with E-state index < -0.39 is 15.9 Å². The van der Waals surface area contributed by atoms with Crippen LogP contribution in [0, 0.1) is 25.2 Å². The van der Waals surface area contributed by atoms with E-state index >= 15 is 0 Å². The van der Waals surface area contributed by atoms with Crippen molar-refractivity contribution in [3.63, 3.8) is 0 Å². The molecule has 0 unspecified atom stereocenters. The van der Waals surface area contributed by atoms with E-state index in [2.05, 4.69) is 14.6 Å². The van der Waals surface area contributed by atoms with Crippen LogP contribution in [-0.2, 0) is 19.6 Å². The molecule has 0 spiro atoms. The average Bonchev–Trinajstić information content (AvgIpc) is 3.00. The van der Waals surface area contributed by atoms with Crippen molar-refractivity contribution in [3.05, 3.63) is 52.9 Å². The van der Waals surface area contributed by atoms with Gasteiger partial charge in [-0.25, -0.2) is 8.42 Å². The molecule has 1 aromatic heterocycles. The van der Waals surface area contributed by atoms with Gasteiger partial charge in [0.05, 0.1) is 18.4 Å². The first-order chi connectivity index (χ1) is 14.6. The van der Waals surface area contributed by atoms with E-state index in [1.54, 1.807) is 44.4 Å². The predicted molar refractivity (Wildman–Crippen MR) is 122 cm³/mol. The number of nitriles is 1. The average molecular weight is 445 g/mol. The van der Waals surface area contributed by atoms with E-state index in [9.17, 15) is 18.5 Å². The van der Waals surface area contributed by atoms with Crippen LogP contribution in [0.15, 0.2) is 35.9 Å². The Bertz CT molecular complexity index is 1110. The predicted octanol–water partition coefficient (Wildman–Crippen LogP) is 3.62. The molecule has 0 aliphatic carbocycles. The number of carbonyl (C=O) groups excluding carboxylic acids is 1. The largest absolute Gasteiger partial charge is 0.383 e. The van der Waals surface area contributed by atoms with Gasteiger partial charge in [0.1, 0.15) is 11.6 Å². The third-order valence-corrected chi connectivity index (χ3v) is 6.14. The smallest absolute Gasteiger partial charge is 0.266 e. The molecular formula is C22H28N4O4S. The van der Waals surface area contributed by atoms with E-state index in [4.69, 9.17) is 4.74 Å². The number of nitrogens with zero attached hydrogens (tertiary/aromatic N) is 2. The number of ether oxygens (including phenoxy) is 1. The lowest BCUT2D eigenvalue weighted by Gasteiger charge is -2.17. The highest BCUT2D eigenvalue weighted by Crippen LogP contribution is 2.23. The summed E-state index contributed by atoms with van der Waals surface area (Å²) in [6, 6.07) is 10.2. The minimum Gasteiger partial charge on any atom is -0.383 e. The molecule has 0 aliphatic rings. The van der Waals surface area contributed by atoms with Gasteiger partial charge in [0.2, 0.25) is 10.0 Å². The summed E-state index contributed by atoms with van der Waals surface area (Å²) in [7, 11) is -1.73. The van der Waals surface area contributed by atoms with Crippen LogP contribution in [0.2, 0.25) is 0 Å². The van der Waals surface area contributed by atoms with Gasteiger partial charge in [-0.2, -0.15) is 5.26 Å². The second-order valence-corrected chi connectivity index (χ2v) is 9.22. The van der Waals surface area contributed by atoms with Crippen molar-refractivity contribution in [1.29, 1.82) is 5.26 Å². The Kier molecular flexibility index (Phi) is 8.02. The van der Waals surface area contributed by atoms with Crippen LogP contribution in [0.25, 0.3) is 6.08 Å². The highest BCUT2D eigenvalue weighted by molar-refractivity contribution is 7.92. The first-order valence-corrected chi connectivity index (χ1v) is 11.5. The minimum absolute atomic E-state index is 0.0320. The van der Waals surface area contributed by atoms with Gasteiger partial charge in [0.25, 0.3) is 5.91 Å². The fourth-order valence-corrected chi connectivity index (χ4v) is 3.96. The Morgan fingerprint density at radius 1 is 1.26 bits per heavy atom. The maximum Gasteiger partial charge on any atom is 0.266 e. The van der Waals surface area contributed by atoms with Crippen molar-refractivity contribution in [1.82, 2.24) is 4.57 Å². The molecule has 0 saturated carbocycles. The van der Waals surface area contributed by atoms with E-state index in [1.165, 1.54) is 0 Å². The number of aromatic nitrogens is 1. The fourth-order valence-electron chi connectivity index (χ4n) is 3.32. The number of rotatable bonds is 9. The molecule has 1 atom stereocenters. The van der Waals surface area contributed by atoms with Gasteiger partial charge in [-0.05, 0) is 69.7 Å². The normalized spacial score (nSPS) is 12.8. The fraction of sp³-hybridized carbons (Fsp3) is 0.364. The summed E-state index contributed by atoms with van der Waals surface area (Å²) in [5.74, 6) is -0.578. The third kappa shape index (κ3) is 6.20. The van der Waals surface area contributed by atoms with Crippen LogP contribution in [0.4, 0.5) is 11.4 Å². The van der Waals surface area contributed by atoms with Gasteiger partial charge in [-0.15, -0.1) is 0 Å². The quantitative estimate of drug-likeness (QED) is 0.453. The molecule has 1 amide bonds. The van der Waals surface area contributed by atoms with Gasteiger partial charge >= 0.3 is 0 Å². The molecule has 2 aromatic rings. The standard InChI is InChI=1S/C22H28N4O4S/c1-6-31(28,29)25-21-9-7-20(8-10-21)24-22(27)19(13-23)12-18-11-15(2)26(17(18)4)16(3)14-30-5/h7-12,16,25H,6,14H2,1-5H3,(H,24,27)/b19-12-/t16-/m1/s1. The SMILES string of the molecule is CCS(=O)(=O)Nc1ccc(NC(=O)/C(C#N)=C\c2cc(C)n([C@H](C)COC)c2C)cc1. The Morgan fingerprint density at radius 3 is 2.42 bits per heavy atom. The summed E-state index contributed by atoms with van der Waals surface area (Å²) >= 11 is 0. The molecule has 1 aromatic carbocycles. The van der Waals surface area contributed by atoms with Gasteiger partial charge in [0, 0.05) is 29.9 Å². The molecule has 9 heteroatoms. The summed E-state index contributed by atoms with van der Waals surface area (Å²) in [6.07, 6.45) is 1.57. The maximum absolute atomic E-state index is 12.6. The molecule has 31 heavy (non-hydrogen) atoms. The Hall–Kier alpha value is -3.09. The van der Waals surface area contributed by atoms with Crippen LogP contribution in [0.3, 0.4) is 0 Å². The number of anilines is 2. The van der Waals surface area contributed by atoms with Crippen molar-refractivity contribution in [2.24, 2.45) is 0 Å². The number of hydrogen-bond donors (Lipinski definition) is 2. The Morgan fingerprint density at radius 2 is 1.87 bits per heavy atom. The number of aryl methyl sites for hydroxylation is 1. The highest BCUT2D eigenvalue weighted by Gasteiger charge is 2.16. The molecule has 0 fully saturated rings. The van der Waals surface area contributed by atoms with Gasteiger partial charge in [-0.1, -0.05) is 0 Å². The number of carbonyl (C=O) groups is 1. The van der Waals surface area contributed by atoms with Crippen LogP contribution < -0.4 is 10.0 Å². The molecule has 2 rings (SSSR count). The third-order valence-electron chi connectivity index (χ3n) is 4.83. The van der Waals surface area contributed by atoms with Gasteiger partial charge < -0.3 is 14.6 Å².